The van der Waals surface area contributed by atoms with Crippen LogP contribution in [-0.4, -0.2) is 48.8 Å². The van der Waals surface area contributed by atoms with Gasteiger partial charge >= 0.3 is 0 Å². The Hall–Kier alpha value is -3.39. The van der Waals surface area contributed by atoms with Crippen LogP contribution < -0.4 is 5.56 Å². The fourth-order valence-electron chi connectivity index (χ4n) is 3.66. The number of rotatable bonds is 8. The summed E-state index contributed by atoms with van der Waals surface area (Å²) in [5, 5.41) is 9.83. The zero-order valence-corrected chi connectivity index (χ0v) is 19.0. The molecular weight excluding hydrogens is 422 g/mol. The molecular formula is C24H25N5O2S. The standard InChI is InChI=1S/C24H25N5O2S/c1-4-27(14-17(2)3)21(30)16-32-24-26-25-23-28(15-18-10-6-5-7-11-18)22(31)19-12-8-9-13-20(19)29(23)24/h5-13H,2,4,14-16H2,1,3H3. The third kappa shape index (κ3) is 4.31. The van der Waals surface area contributed by atoms with Crippen LogP contribution in [0.1, 0.15) is 19.4 Å². The number of thioether (sulfide) groups is 1. The third-order valence-electron chi connectivity index (χ3n) is 5.18. The van der Waals surface area contributed by atoms with Crippen LogP contribution >= 0.6 is 11.8 Å². The maximum atomic E-state index is 13.3. The summed E-state index contributed by atoms with van der Waals surface area (Å²) < 4.78 is 3.50. The Bertz CT molecular complexity index is 1340. The van der Waals surface area contributed by atoms with Crippen molar-refractivity contribution in [1.29, 1.82) is 0 Å². The summed E-state index contributed by atoms with van der Waals surface area (Å²) in [4.78, 5) is 27.7. The highest BCUT2D eigenvalue weighted by Crippen LogP contribution is 2.22. The zero-order chi connectivity index (χ0) is 22.7. The second-order valence-electron chi connectivity index (χ2n) is 7.67. The molecule has 0 atom stereocenters. The summed E-state index contributed by atoms with van der Waals surface area (Å²) >= 11 is 1.32. The average molecular weight is 448 g/mol. The van der Waals surface area contributed by atoms with Gasteiger partial charge in [0.2, 0.25) is 11.7 Å². The summed E-state index contributed by atoms with van der Waals surface area (Å²) in [5.74, 6) is 0.703. The minimum atomic E-state index is -0.115. The quantitative estimate of drug-likeness (QED) is 0.305. The van der Waals surface area contributed by atoms with Crippen LogP contribution in [0.25, 0.3) is 16.7 Å². The summed E-state index contributed by atoms with van der Waals surface area (Å²) in [5.41, 5.74) is 2.55. The number of aromatic nitrogens is 4. The number of fused-ring (bicyclic) bond motifs is 3. The molecule has 32 heavy (non-hydrogen) atoms. The molecule has 0 N–H and O–H groups in total. The minimum absolute atomic E-state index is 0.0131. The van der Waals surface area contributed by atoms with E-state index in [1.165, 1.54) is 11.8 Å². The van der Waals surface area contributed by atoms with Crippen molar-refractivity contribution in [2.24, 2.45) is 0 Å². The smallest absolute Gasteiger partial charge is 0.263 e. The molecule has 0 saturated heterocycles. The van der Waals surface area contributed by atoms with E-state index >= 15 is 0 Å². The minimum Gasteiger partial charge on any atom is -0.338 e. The molecule has 0 fully saturated rings. The highest BCUT2D eigenvalue weighted by molar-refractivity contribution is 7.99. The molecule has 4 aromatic rings. The van der Waals surface area contributed by atoms with E-state index in [1.807, 2.05) is 72.8 Å². The first-order valence-corrected chi connectivity index (χ1v) is 11.4. The Kier molecular flexibility index (Phi) is 6.41. The number of hydrogen-bond donors (Lipinski definition) is 0. The molecule has 2 heterocycles. The van der Waals surface area contributed by atoms with Crippen LogP contribution in [0.3, 0.4) is 0 Å². The lowest BCUT2D eigenvalue weighted by molar-refractivity contribution is -0.127. The van der Waals surface area contributed by atoms with Crippen molar-refractivity contribution in [2.75, 3.05) is 18.8 Å². The topological polar surface area (TPSA) is 72.5 Å². The molecule has 0 aliphatic carbocycles. The van der Waals surface area contributed by atoms with Gasteiger partial charge in [-0.05, 0) is 31.5 Å². The van der Waals surface area contributed by atoms with Crippen LogP contribution in [0.4, 0.5) is 0 Å². The van der Waals surface area contributed by atoms with Gasteiger partial charge in [0.15, 0.2) is 5.16 Å². The SMILES string of the molecule is C=C(C)CN(CC)C(=O)CSc1nnc2n(Cc3ccccc3)c(=O)c3ccccc3n12. The molecule has 0 bridgehead atoms. The van der Waals surface area contributed by atoms with Crippen molar-refractivity contribution in [2.45, 2.75) is 25.5 Å². The van der Waals surface area contributed by atoms with E-state index in [1.54, 1.807) is 9.47 Å². The zero-order valence-electron chi connectivity index (χ0n) is 18.2. The first-order chi connectivity index (χ1) is 15.5. The van der Waals surface area contributed by atoms with Crippen molar-refractivity contribution < 1.29 is 4.79 Å². The number of hydrogen-bond acceptors (Lipinski definition) is 5. The summed E-state index contributed by atoms with van der Waals surface area (Å²) in [6.45, 7) is 9.31. The van der Waals surface area contributed by atoms with E-state index in [-0.39, 0.29) is 17.2 Å². The monoisotopic (exact) mass is 447 g/mol. The third-order valence-corrected chi connectivity index (χ3v) is 6.10. The van der Waals surface area contributed by atoms with E-state index in [2.05, 4.69) is 16.8 Å². The summed E-state index contributed by atoms with van der Waals surface area (Å²) in [6, 6.07) is 17.2. The molecule has 2 aromatic heterocycles. The molecule has 0 aliphatic heterocycles. The van der Waals surface area contributed by atoms with Gasteiger partial charge in [0.25, 0.3) is 5.56 Å². The van der Waals surface area contributed by atoms with Crippen molar-refractivity contribution in [3.05, 3.63) is 82.7 Å². The van der Waals surface area contributed by atoms with Crippen molar-refractivity contribution in [3.63, 3.8) is 0 Å². The molecule has 1 amide bonds. The Morgan fingerprint density at radius 2 is 1.81 bits per heavy atom. The van der Waals surface area contributed by atoms with Crippen LogP contribution in [0.2, 0.25) is 0 Å². The van der Waals surface area contributed by atoms with Crippen molar-refractivity contribution in [1.82, 2.24) is 24.1 Å². The van der Waals surface area contributed by atoms with Gasteiger partial charge in [-0.2, -0.15) is 0 Å². The lowest BCUT2D eigenvalue weighted by atomic mass is 10.2. The number of carbonyl (C=O) groups is 1. The maximum Gasteiger partial charge on any atom is 0.263 e. The van der Waals surface area contributed by atoms with Gasteiger partial charge in [-0.15, -0.1) is 10.2 Å². The molecule has 4 rings (SSSR count). The normalized spacial score (nSPS) is 11.2. The molecule has 2 aromatic carbocycles. The van der Waals surface area contributed by atoms with Crippen molar-refractivity contribution >= 4 is 34.3 Å². The summed E-state index contributed by atoms with van der Waals surface area (Å²) in [6.07, 6.45) is 0. The largest absolute Gasteiger partial charge is 0.338 e. The van der Waals surface area contributed by atoms with Gasteiger partial charge in [-0.1, -0.05) is 66.4 Å². The number of para-hydroxylation sites is 1. The lowest BCUT2D eigenvalue weighted by Gasteiger charge is -2.20. The lowest BCUT2D eigenvalue weighted by Crippen LogP contribution is -2.33. The molecule has 0 spiro atoms. The second kappa shape index (κ2) is 9.40. The number of carbonyl (C=O) groups excluding carboxylic acids is 1. The van der Waals surface area contributed by atoms with Crippen LogP contribution in [0, 0.1) is 0 Å². The molecule has 164 valence electrons. The van der Waals surface area contributed by atoms with E-state index in [9.17, 15) is 9.59 Å². The Balaban J connectivity index is 1.75. The van der Waals surface area contributed by atoms with Gasteiger partial charge in [0.05, 0.1) is 23.2 Å². The number of benzene rings is 2. The van der Waals surface area contributed by atoms with Gasteiger partial charge in [-0.25, -0.2) is 0 Å². The number of nitrogens with zero attached hydrogens (tertiary/aromatic N) is 5. The summed E-state index contributed by atoms with van der Waals surface area (Å²) in [7, 11) is 0. The fourth-order valence-corrected chi connectivity index (χ4v) is 4.50. The maximum absolute atomic E-state index is 13.3. The van der Waals surface area contributed by atoms with E-state index in [0.29, 0.717) is 36.0 Å². The van der Waals surface area contributed by atoms with Gasteiger partial charge < -0.3 is 4.90 Å². The number of likely N-dealkylation sites (N-methyl/N-ethyl adjacent to an activating group) is 1. The Labute approximate surface area is 190 Å². The Morgan fingerprint density at radius 3 is 2.53 bits per heavy atom. The Morgan fingerprint density at radius 1 is 1.09 bits per heavy atom. The van der Waals surface area contributed by atoms with E-state index in [0.717, 1.165) is 16.7 Å². The van der Waals surface area contributed by atoms with Crippen LogP contribution in [-0.2, 0) is 11.3 Å². The molecule has 0 aliphatic rings. The highest BCUT2D eigenvalue weighted by Gasteiger charge is 2.19. The van der Waals surface area contributed by atoms with E-state index < -0.39 is 0 Å². The first kappa shape index (κ1) is 21.8. The highest BCUT2D eigenvalue weighted by atomic mass is 32.2. The van der Waals surface area contributed by atoms with E-state index in [4.69, 9.17) is 0 Å². The first-order valence-electron chi connectivity index (χ1n) is 10.4. The molecule has 0 saturated carbocycles. The van der Waals surface area contributed by atoms with Crippen LogP contribution in [0.5, 0.6) is 0 Å². The second-order valence-corrected chi connectivity index (χ2v) is 8.61. The van der Waals surface area contributed by atoms with Gasteiger partial charge in [0.1, 0.15) is 0 Å². The molecule has 0 unspecified atom stereocenters. The predicted molar refractivity (Wildman–Crippen MR) is 128 cm³/mol. The molecule has 7 nitrogen and oxygen atoms in total. The van der Waals surface area contributed by atoms with Crippen LogP contribution in [0.15, 0.2) is 76.7 Å². The average Bonchev–Trinajstić information content (AvgIpc) is 3.23. The fraction of sp³-hybridized carbons (Fsp3) is 0.250. The molecule has 0 radical (unpaired) electrons. The van der Waals surface area contributed by atoms with Crippen molar-refractivity contribution in [3.8, 4) is 0 Å². The predicted octanol–water partition coefficient (Wildman–Crippen LogP) is 3.61. The number of amides is 1. The van der Waals surface area contributed by atoms with Gasteiger partial charge in [0, 0.05) is 13.1 Å². The van der Waals surface area contributed by atoms with Gasteiger partial charge in [-0.3, -0.25) is 18.6 Å². The molecule has 8 heteroatoms.